The number of rotatable bonds is 17. The Kier molecular flexibility index (Phi) is 21.4. The number of phosphoric ester groups is 1. The van der Waals surface area contributed by atoms with Gasteiger partial charge in [0.1, 0.15) is 0 Å². The summed E-state index contributed by atoms with van der Waals surface area (Å²) >= 11 is 0. The standard InChI is InChI=1S/C20H43P.C2H7O4P/c1-5-9-13-14-16-19(15-10-6-2)20(21,17-11-7-3)18-12-8-4;1-5-7(3,4)6-2/h19H,5-18,21H2,1-4H3;1-2H3,(H,3,4). The van der Waals surface area contributed by atoms with Crippen molar-refractivity contribution in [1.29, 1.82) is 0 Å². The average molecular weight is 441 g/mol. The summed E-state index contributed by atoms with van der Waals surface area (Å²) in [6.45, 7) is 9.34. The Balaban J connectivity index is 0. The van der Waals surface area contributed by atoms with Gasteiger partial charge in [-0.3, -0.25) is 9.05 Å². The van der Waals surface area contributed by atoms with Crippen LogP contribution in [0.2, 0.25) is 0 Å². The third-order valence-electron chi connectivity index (χ3n) is 5.58. The Morgan fingerprint density at radius 1 is 0.786 bits per heavy atom. The monoisotopic (exact) mass is 440 g/mol. The van der Waals surface area contributed by atoms with E-state index in [1.165, 1.54) is 89.9 Å². The lowest BCUT2D eigenvalue weighted by atomic mass is 9.77. The van der Waals surface area contributed by atoms with E-state index < -0.39 is 7.82 Å². The molecule has 2 atom stereocenters. The Bertz CT molecular complexity index is 362. The van der Waals surface area contributed by atoms with Crippen molar-refractivity contribution in [2.24, 2.45) is 5.92 Å². The van der Waals surface area contributed by atoms with Crippen LogP contribution in [-0.2, 0) is 13.6 Å². The van der Waals surface area contributed by atoms with Gasteiger partial charge >= 0.3 is 7.82 Å². The molecule has 0 aromatic rings. The molecule has 0 aromatic carbocycles. The van der Waals surface area contributed by atoms with Gasteiger partial charge in [0.05, 0.1) is 0 Å². The van der Waals surface area contributed by atoms with Crippen LogP contribution in [0.5, 0.6) is 0 Å². The maximum absolute atomic E-state index is 10.1. The highest BCUT2D eigenvalue weighted by molar-refractivity contribution is 7.47. The van der Waals surface area contributed by atoms with Crippen molar-refractivity contribution in [3.63, 3.8) is 0 Å². The normalized spacial score (nSPS) is 13.1. The fourth-order valence-corrected chi connectivity index (χ4v) is 4.50. The van der Waals surface area contributed by atoms with Crippen molar-refractivity contribution < 1.29 is 18.5 Å². The Hall–Kier alpha value is 0.540. The minimum Gasteiger partial charge on any atom is -0.303 e. The second-order valence-electron chi connectivity index (χ2n) is 7.96. The second kappa shape index (κ2) is 19.5. The van der Waals surface area contributed by atoms with Crippen molar-refractivity contribution in [2.75, 3.05) is 14.2 Å². The maximum Gasteiger partial charge on any atom is 0.471 e. The van der Waals surface area contributed by atoms with Crippen molar-refractivity contribution in [3.05, 3.63) is 0 Å². The first-order chi connectivity index (χ1) is 13.3. The van der Waals surface area contributed by atoms with E-state index in [0.717, 1.165) is 20.1 Å². The SMILES string of the molecule is CCCCCCC(CCCC)C(P)(CCCC)CCCC.COP(=O)(O)OC. The zero-order valence-corrected chi connectivity index (χ0v) is 21.7. The number of hydrogen-bond donors (Lipinski definition) is 1. The molecule has 0 saturated heterocycles. The third kappa shape index (κ3) is 16.3. The molecule has 1 N–H and O–H groups in total. The molecule has 0 aliphatic rings. The van der Waals surface area contributed by atoms with Crippen LogP contribution in [0.1, 0.15) is 118 Å². The fourth-order valence-electron chi connectivity index (χ4n) is 3.61. The largest absolute Gasteiger partial charge is 0.471 e. The molecule has 2 unspecified atom stereocenters. The summed E-state index contributed by atoms with van der Waals surface area (Å²) in [6.07, 6.45) is 19.8. The molecule has 4 nitrogen and oxygen atoms in total. The van der Waals surface area contributed by atoms with Crippen molar-refractivity contribution in [2.45, 2.75) is 123 Å². The zero-order chi connectivity index (χ0) is 21.9. The van der Waals surface area contributed by atoms with Crippen LogP contribution in [0.3, 0.4) is 0 Å². The first kappa shape index (κ1) is 30.7. The van der Waals surface area contributed by atoms with Gasteiger partial charge in [-0.05, 0) is 36.8 Å². The highest BCUT2D eigenvalue weighted by Gasteiger charge is 2.32. The molecule has 0 fully saturated rings. The molecule has 0 rings (SSSR count). The van der Waals surface area contributed by atoms with Crippen molar-refractivity contribution >= 4 is 17.1 Å². The predicted molar refractivity (Wildman–Crippen MR) is 127 cm³/mol. The van der Waals surface area contributed by atoms with E-state index in [1.54, 1.807) is 0 Å². The molecule has 6 heteroatoms. The maximum atomic E-state index is 10.1. The van der Waals surface area contributed by atoms with Gasteiger partial charge in [-0.1, -0.05) is 91.9 Å². The molecule has 172 valence electrons. The van der Waals surface area contributed by atoms with Crippen LogP contribution < -0.4 is 0 Å². The molecule has 0 radical (unpaired) electrons. The Labute approximate surface area is 178 Å². The summed E-state index contributed by atoms with van der Waals surface area (Å²) in [5, 5.41) is 0.535. The average Bonchev–Trinajstić information content (AvgIpc) is 2.70. The lowest BCUT2D eigenvalue weighted by molar-refractivity contribution is 0.204. The molecule has 0 saturated carbocycles. The lowest BCUT2D eigenvalue weighted by Gasteiger charge is -2.39. The van der Waals surface area contributed by atoms with E-state index in [9.17, 15) is 4.57 Å². The minimum atomic E-state index is -3.65. The van der Waals surface area contributed by atoms with Crippen molar-refractivity contribution in [3.8, 4) is 0 Å². The molecule has 0 amide bonds. The van der Waals surface area contributed by atoms with Crippen LogP contribution in [0.15, 0.2) is 0 Å². The molecule has 28 heavy (non-hydrogen) atoms. The Morgan fingerprint density at radius 2 is 1.21 bits per heavy atom. The number of unbranched alkanes of at least 4 members (excludes halogenated alkanes) is 6. The van der Waals surface area contributed by atoms with E-state index >= 15 is 0 Å². The Morgan fingerprint density at radius 3 is 1.57 bits per heavy atom. The quantitative estimate of drug-likeness (QED) is 0.183. The lowest BCUT2D eigenvalue weighted by Crippen LogP contribution is -2.32. The van der Waals surface area contributed by atoms with Gasteiger partial charge in [-0.2, -0.15) is 0 Å². The molecule has 0 aliphatic heterocycles. The fraction of sp³-hybridized carbons (Fsp3) is 1.00. The summed E-state index contributed by atoms with van der Waals surface area (Å²) in [6, 6.07) is 0. The summed E-state index contributed by atoms with van der Waals surface area (Å²) in [5.74, 6) is 0.942. The first-order valence-electron chi connectivity index (χ1n) is 11.5. The first-order valence-corrected chi connectivity index (χ1v) is 13.6. The third-order valence-corrected chi connectivity index (χ3v) is 7.55. The van der Waals surface area contributed by atoms with E-state index in [0.29, 0.717) is 5.16 Å². The molecule has 0 aliphatic carbocycles. The summed E-state index contributed by atoms with van der Waals surface area (Å²) in [5.41, 5.74) is 0. The van der Waals surface area contributed by atoms with Gasteiger partial charge in [0.25, 0.3) is 0 Å². The minimum absolute atomic E-state index is 0.535. The molecule has 0 bridgehead atoms. The highest BCUT2D eigenvalue weighted by Crippen LogP contribution is 2.43. The molecule has 0 spiro atoms. The summed E-state index contributed by atoms with van der Waals surface area (Å²) in [4.78, 5) is 8.24. The van der Waals surface area contributed by atoms with Gasteiger partial charge in [0, 0.05) is 14.2 Å². The molecular formula is C22H50O4P2. The van der Waals surface area contributed by atoms with Crippen molar-refractivity contribution in [1.82, 2.24) is 0 Å². The van der Waals surface area contributed by atoms with Gasteiger partial charge < -0.3 is 4.89 Å². The zero-order valence-electron chi connectivity index (χ0n) is 19.7. The summed E-state index contributed by atoms with van der Waals surface area (Å²) < 4.78 is 18.0. The van der Waals surface area contributed by atoms with E-state index in [2.05, 4.69) is 46.0 Å². The van der Waals surface area contributed by atoms with Crippen LogP contribution in [-0.4, -0.2) is 24.3 Å². The van der Waals surface area contributed by atoms with Gasteiger partial charge in [-0.25, -0.2) is 4.57 Å². The topological polar surface area (TPSA) is 55.8 Å². The number of phosphoric acid groups is 1. The van der Waals surface area contributed by atoms with Crippen LogP contribution in [0, 0.1) is 5.92 Å². The van der Waals surface area contributed by atoms with E-state index in [1.807, 2.05) is 0 Å². The molecule has 0 aromatic heterocycles. The summed E-state index contributed by atoms with van der Waals surface area (Å²) in [7, 11) is 1.90. The van der Waals surface area contributed by atoms with E-state index in [-0.39, 0.29) is 0 Å². The number of hydrogen-bond acceptors (Lipinski definition) is 3. The molecule has 0 heterocycles. The van der Waals surface area contributed by atoms with Crippen LogP contribution >= 0.6 is 17.1 Å². The van der Waals surface area contributed by atoms with Gasteiger partial charge in [-0.15, -0.1) is 9.24 Å². The van der Waals surface area contributed by atoms with Gasteiger partial charge in [0.2, 0.25) is 0 Å². The van der Waals surface area contributed by atoms with E-state index in [4.69, 9.17) is 4.89 Å². The second-order valence-corrected chi connectivity index (χ2v) is 10.8. The van der Waals surface area contributed by atoms with Crippen LogP contribution in [0.4, 0.5) is 0 Å². The van der Waals surface area contributed by atoms with Gasteiger partial charge in [0.15, 0.2) is 0 Å². The molecular weight excluding hydrogens is 390 g/mol. The predicted octanol–water partition coefficient (Wildman–Crippen LogP) is 8.14. The smallest absolute Gasteiger partial charge is 0.303 e. The van der Waals surface area contributed by atoms with Crippen LogP contribution in [0.25, 0.3) is 0 Å². The highest BCUT2D eigenvalue weighted by atomic mass is 31.2.